The minimum atomic E-state index is -3.92. The van der Waals surface area contributed by atoms with Gasteiger partial charge in [-0.15, -0.1) is 11.3 Å². The molecule has 0 spiro atoms. The number of aromatic nitrogens is 2. The molecule has 1 aliphatic heterocycles. The minimum Gasteiger partial charge on any atom is -0.462 e. The van der Waals surface area contributed by atoms with Crippen LogP contribution in [0.2, 0.25) is 0 Å². The van der Waals surface area contributed by atoms with Gasteiger partial charge in [0.2, 0.25) is 16.0 Å². The molecule has 4 rings (SSSR count). The monoisotopic (exact) mass is 458 g/mol. The van der Waals surface area contributed by atoms with Crippen LogP contribution in [0.25, 0.3) is 11.1 Å². The zero-order chi connectivity index (χ0) is 21.8. The first-order valence-electron chi connectivity index (χ1n) is 9.88. The SMILES string of the molecule is CCOC(=O)c1scc(-c2ccccc2)c1S(=O)(=O)N1CCN(c2ncccn2)CC1. The van der Waals surface area contributed by atoms with E-state index in [0.29, 0.717) is 24.6 Å². The number of hydrogen-bond donors (Lipinski definition) is 0. The Kier molecular flexibility index (Phi) is 6.30. The largest absolute Gasteiger partial charge is 0.462 e. The van der Waals surface area contributed by atoms with E-state index in [-0.39, 0.29) is 29.5 Å². The number of rotatable bonds is 6. The molecule has 1 aliphatic rings. The Bertz CT molecular complexity index is 1140. The molecule has 0 radical (unpaired) electrons. The van der Waals surface area contributed by atoms with E-state index in [4.69, 9.17) is 4.74 Å². The fourth-order valence-electron chi connectivity index (χ4n) is 3.47. The second-order valence-electron chi connectivity index (χ2n) is 6.83. The molecule has 3 aromatic rings. The summed E-state index contributed by atoms with van der Waals surface area (Å²) in [6, 6.07) is 10.9. The molecular weight excluding hydrogens is 436 g/mol. The van der Waals surface area contributed by atoms with E-state index in [1.165, 1.54) is 4.31 Å². The second-order valence-corrected chi connectivity index (χ2v) is 9.59. The number of carbonyl (C=O) groups is 1. The second kappa shape index (κ2) is 9.13. The van der Waals surface area contributed by atoms with Crippen molar-refractivity contribution < 1.29 is 17.9 Å². The minimum absolute atomic E-state index is 0.0200. The van der Waals surface area contributed by atoms with Crippen molar-refractivity contribution in [3.63, 3.8) is 0 Å². The van der Waals surface area contributed by atoms with Crippen molar-refractivity contribution in [2.24, 2.45) is 0 Å². The van der Waals surface area contributed by atoms with E-state index in [0.717, 1.165) is 16.9 Å². The Hall–Kier alpha value is -2.82. The smallest absolute Gasteiger partial charge is 0.349 e. The lowest BCUT2D eigenvalue weighted by Crippen LogP contribution is -2.49. The highest BCUT2D eigenvalue weighted by Gasteiger charge is 2.36. The quantitative estimate of drug-likeness (QED) is 0.525. The molecule has 8 nitrogen and oxygen atoms in total. The zero-order valence-electron chi connectivity index (χ0n) is 17.0. The highest BCUT2D eigenvalue weighted by atomic mass is 32.2. The van der Waals surface area contributed by atoms with Gasteiger partial charge in [-0.2, -0.15) is 4.31 Å². The van der Waals surface area contributed by atoms with Gasteiger partial charge in [0.1, 0.15) is 9.77 Å². The fourth-order valence-corrected chi connectivity index (χ4v) is 6.54. The molecule has 1 aromatic carbocycles. The third-order valence-corrected chi connectivity index (χ3v) is 8.04. The maximum atomic E-state index is 13.7. The average molecular weight is 459 g/mol. The summed E-state index contributed by atoms with van der Waals surface area (Å²) in [5, 5.41) is 1.71. The number of anilines is 1. The summed E-state index contributed by atoms with van der Waals surface area (Å²) in [6.07, 6.45) is 3.32. The summed E-state index contributed by atoms with van der Waals surface area (Å²) < 4.78 is 33.9. The molecular formula is C21H22N4O4S2. The normalized spacial score (nSPS) is 15.1. The van der Waals surface area contributed by atoms with Gasteiger partial charge in [0.15, 0.2) is 0 Å². The van der Waals surface area contributed by atoms with Gasteiger partial charge in [0, 0.05) is 49.5 Å². The van der Waals surface area contributed by atoms with E-state index in [1.54, 1.807) is 30.8 Å². The first kappa shape index (κ1) is 21.4. The predicted octanol–water partition coefficient (Wildman–Crippen LogP) is 2.89. The van der Waals surface area contributed by atoms with E-state index in [2.05, 4.69) is 9.97 Å². The molecule has 0 aliphatic carbocycles. The zero-order valence-corrected chi connectivity index (χ0v) is 18.6. The van der Waals surface area contributed by atoms with Crippen molar-refractivity contribution in [3.05, 3.63) is 59.0 Å². The highest BCUT2D eigenvalue weighted by molar-refractivity contribution is 7.89. The number of nitrogens with zero attached hydrogens (tertiary/aromatic N) is 4. The number of benzene rings is 1. The Morgan fingerprint density at radius 2 is 1.74 bits per heavy atom. The molecule has 0 atom stereocenters. The lowest BCUT2D eigenvalue weighted by molar-refractivity contribution is 0.0528. The number of carbonyl (C=O) groups excluding carboxylic acids is 1. The highest BCUT2D eigenvalue weighted by Crippen LogP contribution is 2.37. The van der Waals surface area contributed by atoms with Crippen LogP contribution in [0.4, 0.5) is 5.95 Å². The summed E-state index contributed by atoms with van der Waals surface area (Å²) in [4.78, 5) is 23.1. The van der Waals surface area contributed by atoms with Crippen molar-refractivity contribution in [3.8, 4) is 11.1 Å². The standard InChI is InChI=1S/C21H22N4O4S2/c1-2-29-20(26)18-19(17(15-30-18)16-7-4-3-5-8-16)31(27,28)25-13-11-24(12-14-25)21-22-9-6-10-23-21/h3-10,15H,2,11-14H2,1H3. The van der Waals surface area contributed by atoms with Gasteiger partial charge < -0.3 is 9.64 Å². The number of piperazine rings is 1. The molecule has 10 heteroatoms. The van der Waals surface area contributed by atoms with Crippen molar-refractivity contribution >= 4 is 33.3 Å². The lowest BCUT2D eigenvalue weighted by atomic mass is 10.1. The number of thiophene rings is 1. The number of hydrogen-bond acceptors (Lipinski definition) is 8. The van der Waals surface area contributed by atoms with Crippen LogP contribution >= 0.6 is 11.3 Å². The molecule has 31 heavy (non-hydrogen) atoms. The van der Waals surface area contributed by atoms with E-state index < -0.39 is 16.0 Å². The van der Waals surface area contributed by atoms with E-state index >= 15 is 0 Å². The molecule has 0 saturated carbocycles. The van der Waals surface area contributed by atoms with Crippen LogP contribution in [0.3, 0.4) is 0 Å². The first-order valence-corrected chi connectivity index (χ1v) is 12.2. The van der Waals surface area contributed by atoms with Crippen LogP contribution in [0.1, 0.15) is 16.6 Å². The number of esters is 1. The Morgan fingerprint density at radius 1 is 1.06 bits per heavy atom. The van der Waals surface area contributed by atoms with Gasteiger partial charge in [-0.1, -0.05) is 30.3 Å². The van der Waals surface area contributed by atoms with Crippen LogP contribution in [0, 0.1) is 0 Å². The van der Waals surface area contributed by atoms with Crippen molar-refractivity contribution in [2.45, 2.75) is 11.8 Å². The van der Waals surface area contributed by atoms with Crippen LogP contribution in [0.5, 0.6) is 0 Å². The molecule has 162 valence electrons. The Balaban J connectivity index is 1.67. The topological polar surface area (TPSA) is 92.7 Å². The van der Waals surface area contributed by atoms with Crippen molar-refractivity contribution in [2.75, 3.05) is 37.7 Å². The molecule has 0 unspecified atom stereocenters. The molecule has 0 N–H and O–H groups in total. The van der Waals surface area contributed by atoms with E-state index in [9.17, 15) is 13.2 Å². The summed E-state index contributed by atoms with van der Waals surface area (Å²) in [7, 11) is -3.92. The van der Waals surface area contributed by atoms with Gasteiger partial charge >= 0.3 is 5.97 Å². The first-order chi connectivity index (χ1) is 15.0. The average Bonchev–Trinajstić information content (AvgIpc) is 3.27. The van der Waals surface area contributed by atoms with Crippen molar-refractivity contribution in [1.29, 1.82) is 0 Å². The summed E-state index contributed by atoms with van der Waals surface area (Å²) in [5.41, 5.74) is 1.26. The lowest BCUT2D eigenvalue weighted by Gasteiger charge is -2.34. The molecule has 1 saturated heterocycles. The predicted molar refractivity (Wildman–Crippen MR) is 119 cm³/mol. The fraction of sp³-hybridized carbons (Fsp3) is 0.286. The van der Waals surface area contributed by atoms with E-state index in [1.807, 2.05) is 35.2 Å². The number of ether oxygens (including phenoxy) is 1. The number of sulfonamides is 1. The molecule has 0 amide bonds. The summed E-state index contributed by atoms with van der Waals surface area (Å²) in [5.74, 6) is -0.0446. The maximum Gasteiger partial charge on any atom is 0.349 e. The molecule has 3 heterocycles. The molecule has 0 bridgehead atoms. The third-order valence-electron chi connectivity index (χ3n) is 4.96. The van der Waals surface area contributed by atoms with Crippen LogP contribution < -0.4 is 4.90 Å². The Labute approximate surface area is 185 Å². The third kappa shape index (κ3) is 4.32. The Morgan fingerprint density at radius 3 is 2.39 bits per heavy atom. The van der Waals surface area contributed by atoms with Gasteiger partial charge in [0.25, 0.3) is 0 Å². The van der Waals surface area contributed by atoms with Crippen LogP contribution in [-0.4, -0.2) is 61.4 Å². The van der Waals surface area contributed by atoms with Gasteiger partial charge in [0.05, 0.1) is 6.61 Å². The van der Waals surface area contributed by atoms with Crippen molar-refractivity contribution in [1.82, 2.24) is 14.3 Å². The summed E-state index contributed by atoms with van der Waals surface area (Å²) in [6.45, 7) is 3.33. The van der Waals surface area contributed by atoms with Crippen LogP contribution in [-0.2, 0) is 14.8 Å². The molecule has 2 aromatic heterocycles. The van der Waals surface area contributed by atoms with Gasteiger partial charge in [-0.05, 0) is 18.6 Å². The summed E-state index contributed by atoms with van der Waals surface area (Å²) >= 11 is 1.10. The van der Waals surface area contributed by atoms with Gasteiger partial charge in [-0.25, -0.2) is 23.2 Å². The molecule has 1 fully saturated rings. The van der Waals surface area contributed by atoms with Gasteiger partial charge in [-0.3, -0.25) is 0 Å². The van der Waals surface area contributed by atoms with Crippen LogP contribution in [0.15, 0.2) is 59.1 Å². The maximum absolute atomic E-state index is 13.7.